The molecule has 0 saturated carbocycles. The summed E-state index contributed by atoms with van der Waals surface area (Å²) < 4.78 is 37.2. The van der Waals surface area contributed by atoms with Crippen molar-refractivity contribution < 1.29 is 13.2 Å². The molecule has 0 saturated heterocycles. The van der Waals surface area contributed by atoms with Crippen LogP contribution >= 0.6 is 11.8 Å². The van der Waals surface area contributed by atoms with E-state index < -0.39 is 11.9 Å². The van der Waals surface area contributed by atoms with E-state index in [2.05, 4.69) is 0 Å². The van der Waals surface area contributed by atoms with E-state index in [0.717, 1.165) is 27.8 Å². The zero-order valence-corrected chi connectivity index (χ0v) is 12.0. The van der Waals surface area contributed by atoms with Gasteiger partial charge in [0.15, 0.2) is 0 Å². The molecule has 0 aliphatic rings. The number of alkyl halides is 3. The first-order valence-electron chi connectivity index (χ1n) is 6.04. The van der Waals surface area contributed by atoms with E-state index in [1.807, 2.05) is 45.9 Å². The lowest BCUT2D eigenvalue weighted by Gasteiger charge is -2.19. The third-order valence-electron chi connectivity index (χ3n) is 2.70. The summed E-state index contributed by atoms with van der Waals surface area (Å²) >= 11 is 0.912. The van der Waals surface area contributed by atoms with Gasteiger partial charge in [-0.25, -0.2) is 0 Å². The molecule has 0 aromatic heterocycles. The van der Waals surface area contributed by atoms with Gasteiger partial charge in [-0.1, -0.05) is 45.9 Å². The molecule has 1 rings (SSSR count). The zero-order chi connectivity index (χ0) is 13.9. The van der Waals surface area contributed by atoms with Gasteiger partial charge in [0, 0.05) is 4.90 Å². The normalized spacial score (nSPS) is 12.5. The summed E-state index contributed by atoms with van der Waals surface area (Å²) in [7, 11) is 0. The Labute approximate surface area is 111 Å². The average molecular weight is 276 g/mol. The number of benzene rings is 1. The van der Waals surface area contributed by atoms with Crippen LogP contribution < -0.4 is 0 Å². The monoisotopic (exact) mass is 276 g/mol. The van der Waals surface area contributed by atoms with Crippen LogP contribution in [0.4, 0.5) is 13.2 Å². The molecule has 18 heavy (non-hydrogen) atoms. The summed E-state index contributed by atoms with van der Waals surface area (Å²) in [4.78, 5) is 0.805. The summed E-state index contributed by atoms with van der Waals surface area (Å²) in [5.41, 5.74) is 2.02. The Bertz CT molecular complexity index is 368. The van der Waals surface area contributed by atoms with Crippen molar-refractivity contribution >= 4 is 11.8 Å². The highest BCUT2D eigenvalue weighted by atomic mass is 32.2. The van der Waals surface area contributed by atoms with E-state index in [0.29, 0.717) is 0 Å². The maximum atomic E-state index is 12.4. The molecule has 1 aromatic rings. The van der Waals surface area contributed by atoms with Gasteiger partial charge in [-0.05, 0) is 23.0 Å². The summed E-state index contributed by atoms with van der Waals surface area (Å²) in [6, 6.07) is 5.78. The van der Waals surface area contributed by atoms with E-state index in [4.69, 9.17) is 0 Å². The second-order valence-corrected chi connectivity index (χ2v) is 5.96. The predicted molar refractivity (Wildman–Crippen MR) is 71.4 cm³/mol. The largest absolute Gasteiger partial charge is 0.398 e. The van der Waals surface area contributed by atoms with Gasteiger partial charge in [0.05, 0.1) is 5.75 Å². The quantitative estimate of drug-likeness (QED) is 0.646. The highest BCUT2D eigenvalue weighted by molar-refractivity contribution is 7.99. The molecule has 0 radical (unpaired) electrons. The molecule has 1 aromatic carbocycles. The number of rotatable bonds is 4. The van der Waals surface area contributed by atoms with Crippen LogP contribution in [-0.4, -0.2) is 11.9 Å². The first kappa shape index (κ1) is 15.4. The molecule has 102 valence electrons. The lowest BCUT2D eigenvalue weighted by molar-refractivity contribution is -0.105. The van der Waals surface area contributed by atoms with E-state index >= 15 is 0 Å². The van der Waals surface area contributed by atoms with Crippen molar-refractivity contribution in [1.82, 2.24) is 0 Å². The van der Waals surface area contributed by atoms with Gasteiger partial charge in [-0.15, -0.1) is 11.8 Å². The number of halogens is 3. The molecule has 0 spiro atoms. The van der Waals surface area contributed by atoms with Gasteiger partial charge in [0.1, 0.15) is 0 Å². The minimum Gasteiger partial charge on any atom is -0.170 e. The van der Waals surface area contributed by atoms with Crippen molar-refractivity contribution in [3.63, 3.8) is 0 Å². The van der Waals surface area contributed by atoms with E-state index in [1.54, 1.807) is 0 Å². The Morgan fingerprint density at radius 3 is 1.78 bits per heavy atom. The van der Waals surface area contributed by atoms with Crippen molar-refractivity contribution in [3.8, 4) is 0 Å². The summed E-state index contributed by atoms with van der Waals surface area (Å²) in [6.07, 6.45) is -4.12. The van der Waals surface area contributed by atoms with Crippen molar-refractivity contribution in [1.29, 1.82) is 0 Å². The maximum absolute atomic E-state index is 12.4. The Hall–Kier alpha value is -0.640. The van der Waals surface area contributed by atoms with E-state index in [1.165, 1.54) is 0 Å². The lowest BCUT2D eigenvalue weighted by atomic mass is 9.95. The van der Waals surface area contributed by atoms with Crippen LogP contribution in [0, 0.1) is 0 Å². The topological polar surface area (TPSA) is 0 Å². The van der Waals surface area contributed by atoms with Gasteiger partial charge in [0.25, 0.3) is 0 Å². The van der Waals surface area contributed by atoms with Crippen LogP contribution in [0.25, 0.3) is 0 Å². The second kappa shape index (κ2) is 6.00. The van der Waals surface area contributed by atoms with Gasteiger partial charge in [0.2, 0.25) is 0 Å². The molecule has 0 heterocycles. The summed E-state index contributed by atoms with van der Waals surface area (Å²) in [5, 5.41) is 0. The molecule has 0 aliphatic heterocycles. The van der Waals surface area contributed by atoms with E-state index in [9.17, 15) is 13.2 Å². The minimum atomic E-state index is -4.12. The van der Waals surface area contributed by atoms with Crippen LogP contribution in [0.2, 0.25) is 0 Å². The zero-order valence-electron chi connectivity index (χ0n) is 11.1. The first-order chi connectivity index (χ1) is 8.22. The number of hydrogen-bond donors (Lipinski definition) is 0. The molecule has 0 N–H and O–H groups in total. The van der Waals surface area contributed by atoms with Crippen LogP contribution in [0.15, 0.2) is 23.1 Å². The molecule has 4 heteroatoms. The van der Waals surface area contributed by atoms with Crippen LogP contribution in [0.3, 0.4) is 0 Å². The third kappa shape index (κ3) is 4.23. The number of hydrogen-bond acceptors (Lipinski definition) is 1. The Morgan fingerprint density at radius 1 is 1.00 bits per heavy atom. The Balaban J connectivity index is 3.11. The van der Waals surface area contributed by atoms with Crippen LogP contribution in [0.1, 0.15) is 50.7 Å². The average Bonchev–Trinajstić information content (AvgIpc) is 2.24. The summed E-state index contributed by atoms with van der Waals surface area (Å²) in [5.74, 6) is -0.352. The standard InChI is InChI=1S/C14H19F3S/c1-9(2)11-6-5-7-12(10(3)4)13(11)18-8-14(15,16)17/h5-7,9-10H,8H2,1-4H3. The molecule has 0 nitrogen and oxygen atoms in total. The van der Waals surface area contributed by atoms with Crippen LogP contribution in [-0.2, 0) is 0 Å². The molecule has 0 atom stereocenters. The van der Waals surface area contributed by atoms with Crippen molar-refractivity contribution in [3.05, 3.63) is 29.3 Å². The molecular formula is C14H19F3S. The fourth-order valence-corrected chi connectivity index (χ4v) is 3.05. The molecular weight excluding hydrogens is 257 g/mol. The molecule has 0 fully saturated rings. The highest BCUT2D eigenvalue weighted by Gasteiger charge is 2.28. The van der Waals surface area contributed by atoms with Gasteiger partial charge < -0.3 is 0 Å². The first-order valence-corrected chi connectivity index (χ1v) is 7.03. The van der Waals surface area contributed by atoms with E-state index in [-0.39, 0.29) is 11.8 Å². The lowest BCUT2D eigenvalue weighted by Crippen LogP contribution is -2.11. The van der Waals surface area contributed by atoms with Gasteiger partial charge in [-0.3, -0.25) is 0 Å². The fraction of sp³-hybridized carbons (Fsp3) is 0.571. The minimum absolute atomic E-state index is 0.236. The van der Waals surface area contributed by atoms with Crippen molar-refractivity contribution in [2.24, 2.45) is 0 Å². The molecule has 0 unspecified atom stereocenters. The smallest absolute Gasteiger partial charge is 0.170 e. The number of thioether (sulfide) groups is 1. The molecule has 0 amide bonds. The molecule has 0 bridgehead atoms. The summed E-state index contributed by atoms with van der Waals surface area (Å²) in [6.45, 7) is 8.04. The van der Waals surface area contributed by atoms with Gasteiger partial charge >= 0.3 is 6.18 Å². The van der Waals surface area contributed by atoms with Crippen molar-refractivity contribution in [2.45, 2.75) is 50.6 Å². The highest BCUT2D eigenvalue weighted by Crippen LogP contribution is 2.37. The maximum Gasteiger partial charge on any atom is 0.398 e. The SMILES string of the molecule is CC(C)c1cccc(C(C)C)c1SCC(F)(F)F. The van der Waals surface area contributed by atoms with Gasteiger partial charge in [-0.2, -0.15) is 13.2 Å². The third-order valence-corrected chi connectivity index (χ3v) is 3.93. The second-order valence-electron chi connectivity index (χ2n) is 4.98. The molecule has 0 aliphatic carbocycles. The fourth-order valence-electron chi connectivity index (χ4n) is 1.80. The predicted octanol–water partition coefficient (Wildman–Crippen LogP) is 5.59. The Morgan fingerprint density at radius 2 is 1.44 bits per heavy atom. The Kier molecular flexibility index (Phi) is 5.14. The van der Waals surface area contributed by atoms with Crippen LogP contribution in [0.5, 0.6) is 0 Å². The van der Waals surface area contributed by atoms with Crippen molar-refractivity contribution in [2.75, 3.05) is 5.75 Å².